The number of amides is 1. The van der Waals surface area contributed by atoms with Crippen molar-refractivity contribution >= 4 is 43.8 Å². The second-order valence-electron chi connectivity index (χ2n) is 9.39. The Morgan fingerprint density at radius 1 is 1.06 bits per heavy atom. The summed E-state index contributed by atoms with van der Waals surface area (Å²) >= 11 is 3.44. The van der Waals surface area contributed by atoms with Crippen LogP contribution in [0.1, 0.15) is 49.2 Å². The number of hydrogen-bond acceptors (Lipinski definition) is 6. The van der Waals surface area contributed by atoms with Gasteiger partial charge in [0.25, 0.3) is 0 Å². The number of carbonyl (C=O) groups excluding carboxylic acids is 1. The zero-order valence-corrected chi connectivity index (χ0v) is 22.1. The molecule has 0 radical (unpaired) electrons. The summed E-state index contributed by atoms with van der Waals surface area (Å²) in [6.45, 7) is 9.23. The second kappa shape index (κ2) is 10.6. The number of nitrogens with one attached hydrogen (secondary N) is 2. The van der Waals surface area contributed by atoms with E-state index in [2.05, 4.69) is 66.6 Å². The predicted octanol–water partition coefficient (Wildman–Crippen LogP) is 6.47. The molecule has 0 saturated heterocycles. The molecule has 1 unspecified atom stereocenters. The minimum absolute atomic E-state index is 0.0411. The second-order valence-corrected chi connectivity index (χ2v) is 11.5. The third-order valence-electron chi connectivity index (χ3n) is 6.68. The highest BCUT2D eigenvalue weighted by Gasteiger charge is 2.28. The molecule has 5 rings (SSSR count). The first kappa shape index (κ1) is 24.1. The van der Waals surface area contributed by atoms with E-state index in [4.69, 9.17) is 4.98 Å². The summed E-state index contributed by atoms with van der Waals surface area (Å²) in [7, 11) is 0. The fraction of sp³-hybridized carbons (Fsp3) is 0.357. The summed E-state index contributed by atoms with van der Waals surface area (Å²) < 4.78 is 1.18. The molecule has 35 heavy (non-hydrogen) atoms. The first-order chi connectivity index (χ1) is 17.0. The highest BCUT2D eigenvalue weighted by molar-refractivity contribution is 7.22. The largest absolute Gasteiger partial charge is 0.317 e. The Morgan fingerprint density at radius 3 is 2.60 bits per heavy atom. The van der Waals surface area contributed by atoms with E-state index in [1.54, 1.807) is 22.7 Å². The monoisotopic (exact) mass is 504 g/mol. The zero-order chi connectivity index (χ0) is 24.4. The number of nitrogens with zero attached hydrogens (tertiary/aromatic N) is 2. The third kappa shape index (κ3) is 5.33. The van der Waals surface area contributed by atoms with E-state index in [0.29, 0.717) is 19.0 Å². The van der Waals surface area contributed by atoms with Gasteiger partial charge < -0.3 is 10.6 Å². The summed E-state index contributed by atoms with van der Waals surface area (Å²) in [6.07, 6.45) is 1.42. The SMILES string of the molecule is CC(NCCC(=O)Nc1sc2c(c1-c1nc3ccccc3s1)CCN(C(C)C)C2)c1ccccc1. The maximum atomic E-state index is 13.0. The van der Waals surface area contributed by atoms with E-state index >= 15 is 0 Å². The summed E-state index contributed by atoms with van der Waals surface area (Å²) in [5, 5.41) is 8.68. The number of para-hydroxylation sites is 1. The van der Waals surface area contributed by atoms with Crippen molar-refractivity contribution < 1.29 is 4.79 Å². The molecule has 0 spiro atoms. The predicted molar refractivity (Wildman–Crippen MR) is 148 cm³/mol. The van der Waals surface area contributed by atoms with Gasteiger partial charge in [-0.25, -0.2) is 4.98 Å². The van der Waals surface area contributed by atoms with Crippen LogP contribution < -0.4 is 10.6 Å². The summed E-state index contributed by atoms with van der Waals surface area (Å²) in [6, 6.07) is 19.3. The van der Waals surface area contributed by atoms with E-state index in [-0.39, 0.29) is 11.9 Å². The lowest BCUT2D eigenvalue weighted by molar-refractivity contribution is -0.116. The van der Waals surface area contributed by atoms with Crippen LogP contribution in [0.15, 0.2) is 54.6 Å². The van der Waals surface area contributed by atoms with Crippen molar-refractivity contribution in [2.24, 2.45) is 0 Å². The first-order valence-electron chi connectivity index (χ1n) is 12.3. The van der Waals surface area contributed by atoms with Crippen LogP contribution in [0.4, 0.5) is 5.00 Å². The molecule has 0 saturated carbocycles. The number of fused-ring (bicyclic) bond motifs is 2. The smallest absolute Gasteiger partial charge is 0.226 e. The van der Waals surface area contributed by atoms with E-state index in [1.165, 1.54) is 20.7 Å². The number of anilines is 1. The molecule has 2 N–H and O–H groups in total. The zero-order valence-electron chi connectivity index (χ0n) is 20.5. The van der Waals surface area contributed by atoms with Gasteiger partial charge in [-0.2, -0.15) is 0 Å². The lowest BCUT2D eigenvalue weighted by Gasteiger charge is -2.30. The van der Waals surface area contributed by atoms with Gasteiger partial charge in [0, 0.05) is 48.6 Å². The van der Waals surface area contributed by atoms with Crippen molar-refractivity contribution in [1.29, 1.82) is 0 Å². The number of carbonyl (C=O) groups is 1. The highest BCUT2D eigenvalue weighted by Crippen LogP contribution is 2.45. The molecule has 0 fully saturated rings. The molecule has 1 aliphatic heterocycles. The van der Waals surface area contributed by atoms with Crippen molar-refractivity contribution in [3.63, 3.8) is 0 Å². The molecule has 7 heteroatoms. The summed E-state index contributed by atoms with van der Waals surface area (Å²) in [5.74, 6) is 0.0411. The van der Waals surface area contributed by atoms with Gasteiger partial charge in [0.1, 0.15) is 10.0 Å². The van der Waals surface area contributed by atoms with Crippen LogP contribution in [-0.2, 0) is 17.8 Å². The highest BCUT2D eigenvalue weighted by atomic mass is 32.1. The van der Waals surface area contributed by atoms with Gasteiger partial charge >= 0.3 is 0 Å². The molecule has 1 amide bonds. The average Bonchev–Trinajstić information content (AvgIpc) is 3.44. The molecule has 0 bridgehead atoms. The van der Waals surface area contributed by atoms with Crippen LogP contribution in [-0.4, -0.2) is 34.9 Å². The lowest BCUT2D eigenvalue weighted by Crippen LogP contribution is -2.35. The maximum absolute atomic E-state index is 13.0. The molecule has 1 aliphatic rings. The Bertz CT molecular complexity index is 1280. The van der Waals surface area contributed by atoms with Crippen LogP contribution in [0, 0.1) is 0 Å². The minimum atomic E-state index is 0.0411. The molecule has 182 valence electrons. The van der Waals surface area contributed by atoms with Gasteiger partial charge in [-0.05, 0) is 50.5 Å². The minimum Gasteiger partial charge on any atom is -0.317 e. The number of hydrogen-bond donors (Lipinski definition) is 2. The Labute approximate surface area is 215 Å². The van der Waals surface area contributed by atoms with Gasteiger partial charge in [0.05, 0.1) is 10.2 Å². The van der Waals surface area contributed by atoms with Gasteiger partial charge in [-0.3, -0.25) is 9.69 Å². The molecular formula is C28H32N4OS2. The van der Waals surface area contributed by atoms with Crippen LogP contribution in [0.5, 0.6) is 0 Å². The van der Waals surface area contributed by atoms with Crippen LogP contribution >= 0.6 is 22.7 Å². The van der Waals surface area contributed by atoms with Gasteiger partial charge in [-0.15, -0.1) is 22.7 Å². The van der Waals surface area contributed by atoms with Crippen molar-refractivity contribution in [2.75, 3.05) is 18.4 Å². The standard InChI is InChI=1S/C28H32N4OS2/c1-18(2)32-16-14-21-24(17-32)35-28(26(21)27-30-22-11-7-8-12-23(22)34-27)31-25(33)13-15-29-19(3)20-9-5-4-6-10-20/h4-12,18-19,29H,13-17H2,1-3H3,(H,31,33). The molecule has 3 heterocycles. The van der Waals surface area contributed by atoms with Gasteiger partial charge in [0.15, 0.2) is 0 Å². The summed E-state index contributed by atoms with van der Waals surface area (Å²) in [4.78, 5) is 21.8. The lowest BCUT2D eigenvalue weighted by atomic mass is 10.0. The average molecular weight is 505 g/mol. The van der Waals surface area contributed by atoms with E-state index < -0.39 is 0 Å². The molecule has 0 aliphatic carbocycles. The number of thiophene rings is 1. The van der Waals surface area contributed by atoms with E-state index in [1.807, 2.05) is 24.3 Å². The molecule has 4 aromatic rings. The van der Waals surface area contributed by atoms with Crippen LogP contribution in [0.3, 0.4) is 0 Å². The Balaban J connectivity index is 1.35. The van der Waals surface area contributed by atoms with E-state index in [9.17, 15) is 4.79 Å². The van der Waals surface area contributed by atoms with Crippen LogP contribution in [0.25, 0.3) is 20.8 Å². The number of aromatic nitrogens is 1. The molecule has 2 aromatic carbocycles. The Morgan fingerprint density at radius 2 is 1.83 bits per heavy atom. The molecule has 2 aromatic heterocycles. The fourth-order valence-corrected chi connectivity index (χ4v) is 7.01. The number of thiazole rings is 1. The molecule has 5 nitrogen and oxygen atoms in total. The third-order valence-corrected chi connectivity index (χ3v) is 8.87. The van der Waals surface area contributed by atoms with Crippen molar-refractivity contribution in [3.8, 4) is 10.6 Å². The number of benzene rings is 2. The normalized spacial score (nSPS) is 14.9. The van der Waals surface area contributed by atoms with Crippen molar-refractivity contribution in [2.45, 2.75) is 52.2 Å². The van der Waals surface area contributed by atoms with Gasteiger partial charge in [-0.1, -0.05) is 42.5 Å². The van der Waals surface area contributed by atoms with Crippen molar-refractivity contribution in [1.82, 2.24) is 15.2 Å². The molecule has 1 atom stereocenters. The van der Waals surface area contributed by atoms with E-state index in [0.717, 1.165) is 40.6 Å². The Hall–Kier alpha value is -2.58. The van der Waals surface area contributed by atoms with Crippen LogP contribution in [0.2, 0.25) is 0 Å². The quantitative estimate of drug-likeness (QED) is 0.289. The summed E-state index contributed by atoms with van der Waals surface area (Å²) in [5.41, 5.74) is 4.74. The molecular weight excluding hydrogens is 472 g/mol. The van der Waals surface area contributed by atoms with Gasteiger partial charge in [0.2, 0.25) is 5.91 Å². The number of rotatable bonds is 8. The maximum Gasteiger partial charge on any atom is 0.226 e. The fourth-order valence-electron chi connectivity index (χ4n) is 4.61. The topological polar surface area (TPSA) is 57.3 Å². The first-order valence-corrected chi connectivity index (χ1v) is 14.0. The van der Waals surface area contributed by atoms with Crippen molar-refractivity contribution in [3.05, 3.63) is 70.6 Å². The Kier molecular flexibility index (Phi) is 7.29.